The first-order valence-corrected chi connectivity index (χ1v) is 5.77. The summed E-state index contributed by atoms with van der Waals surface area (Å²) in [5.74, 6) is 0.369. The Hall–Kier alpha value is -2.04. The molecule has 5 nitrogen and oxygen atoms in total. The number of amides is 3. The molecule has 98 valence electrons. The van der Waals surface area contributed by atoms with E-state index in [0.29, 0.717) is 5.75 Å². The van der Waals surface area contributed by atoms with E-state index in [1.165, 1.54) is 0 Å². The Balaban J connectivity index is 2.78. The van der Waals surface area contributed by atoms with Gasteiger partial charge in [0.25, 0.3) is 5.91 Å². The maximum atomic E-state index is 11.5. The standard InChI is InChI=1S/C13H18N2O3/c1-8(2)10-6-4-5-7-11(10)18-9(3)12(16)15-13(14)17/h4-9H,1-3H3,(H3,14,15,16,17)/t9-/m0/s1. The maximum Gasteiger partial charge on any atom is 0.318 e. The molecule has 0 unspecified atom stereocenters. The zero-order valence-corrected chi connectivity index (χ0v) is 10.8. The summed E-state index contributed by atoms with van der Waals surface area (Å²) in [5.41, 5.74) is 5.89. The Morgan fingerprint density at radius 2 is 1.83 bits per heavy atom. The van der Waals surface area contributed by atoms with Crippen molar-refractivity contribution < 1.29 is 14.3 Å². The second kappa shape index (κ2) is 6.05. The molecule has 0 spiro atoms. The van der Waals surface area contributed by atoms with Crippen LogP contribution in [-0.2, 0) is 4.79 Å². The minimum absolute atomic E-state index is 0.285. The fraction of sp³-hybridized carbons (Fsp3) is 0.385. The zero-order valence-electron chi connectivity index (χ0n) is 10.8. The number of para-hydroxylation sites is 1. The van der Waals surface area contributed by atoms with Gasteiger partial charge in [0.15, 0.2) is 6.10 Å². The molecule has 1 atom stereocenters. The van der Waals surface area contributed by atoms with Crippen molar-refractivity contribution in [2.24, 2.45) is 5.73 Å². The number of hydrogen-bond donors (Lipinski definition) is 2. The molecule has 0 aromatic heterocycles. The van der Waals surface area contributed by atoms with Crippen molar-refractivity contribution in [3.8, 4) is 5.75 Å². The summed E-state index contributed by atoms with van der Waals surface area (Å²) < 4.78 is 5.55. The number of nitrogens with one attached hydrogen (secondary N) is 1. The molecule has 0 aliphatic rings. The van der Waals surface area contributed by atoms with E-state index >= 15 is 0 Å². The predicted molar refractivity (Wildman–Crippen MR) is 68.3 cm³/mol. The molecule has 0 heterocycles. The summed E-state index contributed by atoms with van der Waals surface area (Å²) in [5, 5.41) is 1.99. The molecule has 0 radical (unpaired) electrons. The average molecular weight is 250 g/mol. The van der Waals surface area contributed by atoms with Crippen LogP contribution >= 0.6 is 0 Å². The van der Waals surface area contributed by atoms with Crippen LogP contribution in [0.25, 0.3) is 0 Å². The minimum atomic E-state index is -0.882. The van der Waals surface area contributed by atoms with Crippen molar-refractivity contribution in [1.82, 2.24) is 5.32 Å². The van der Waals surface area contributed by atoms with Gasteiger partial charge in [-0.2, -0.15) is 0 Å². The van der Waals surface area contributed by atoms with Gasteiger partial charge in [0.05, 0.1) is 0 Å². The number of rotatable bonds is 4. The summed E-state index contributed by atoms with van der Waals surface area (Å²) in [6.07, 6.45) is -0.780. The molecule has 0 bridgehead atoms. The fourth-order valence-corrected chi connectivity index (χ4v) is 1.53. The number of urea groups is 1. The van der Waals surface area contributed by atoms with Gasteiger partial charge in [-0.1, -0.05) is 32.0 Å². The number of primary amides is 1. The first-order valence-electron chi connectivity index (χ1n) is 5.77. The Morgan fingerprint density at radius 3 is 2.39 bits per heavy atom. The van der Waals surface area contributed by atoms with Crippen LogP contribution in [0.5, 0.6) is 5.75 Å². The van der Waals surface area contributed by atoms with E-state index in [1.807, 2.05) is 37.4 Å². The fourth-order valence-electron chi connectivity index (χ4n) is 1.53. The topological polar surface area (TPSA) is 81.4 Å². The number of hydrogen-bond acceptors (Lipinski definition) is 3. The summed E-state index contributed by atoms with van der Waals surface area (Å²) in [6, 6.07) is 6.60. The van der Waals surface area contributed by atoms with Gasteiger partial charge < -0.3 is 10.5 Å². The zero-order chi connectivity index (χ0) is 13.7. The highest BCUT2D eigenvalue weighted by Crippen LogP contribution is 2.26. The highest BCUT2D eigenvalue weighted by Gasteiger charge is 2.18. The predicted octanol–water partition coefficient (Wildman–Crippen LogP) is 1.77. The largest absolute Gasteiger partial charge is 0.481 e. The molecule has 0 saturated heterocycles. The number of nitrogens with two attached hydrogens (primary N) is 1. The highest BCUT2D eigenvalue weighted by molar-refractivity contribution is 5.95. The van der Waals surface area contributed by atoms with Gasteiger partial charge in [-0.05, 0) is 24.5 Å². The van der Waals surface area contributed by atoms with Crippen LogP contribution in [-0.4, -0.2) is 18.0 Å². The summed E-state index contributed by atoms with van der Waals surface area (Å²) in [7, 11) is 0. The minimum Gasteiger partial charge on any atom is -0.481 e. The number of carbonyl (C=O) groups is 2. The van der Waals surface area contributed by atoms with E-state index in [0.717, 1.165) is 5.56 Å². The number of carbonyl (C=O) groups excluding carboxylic acids is 2. The van der Waals surface area contributed by atoms with E-state index in [4.69, 9.17) is 10.5 Å². The van der Waals surface area contributed by atoms with Crippen LogP contribution < -0.4 is 15.8 Å². The van der Waals surface area contributed by atoms with Gasteiger partial charge in [-0.25, -0.2) is 4.79 Å². The van der Waals surface area contributed by atoms with Gasteiger partial charge in [0, 0.05) is 0 Å². The first kappa shape index (κ1) is 14.0. The van der Waals surface area contributed by atoms with Gasteiger partial charge >= 0.3 is 6.03 Å². The van der Waals surface area contributed by atoms with Crippen LogP contribution in [0, 0.1) is 0 Å². The van der Waals surface area contributed by atoms with E-state index in [9.17, 15) is 9.59 Å². The molecule has 0 aliphatic heterocycles. The molecule has 3 N–H and O–H groups in total. The van der Waals surface area contributed by atoms with Crippen LogP contribution in [0.4, 0.5) is 4.79 Å². The molecular formula is C13H18N2O3. The van der Waals surface area contributed by atoms with Crippen LogP contribution in [0.15, 0.2) is 24.3 Å². The lowest BCUT2D eigenvalue weighted by Gasteiger charge is -2.17. The number of ether oxygens (including phenoxy) is 1. The van der Waals surface area contributed by atoms with Gasteiger partial charge in [0.2, 0.25) is 0 Å². The van der Waals surface area contributed by atoms with Gasteiger partial charge in [-0.15, -0.1) is 0 Å². The van der Waals surface area contributed by atoms with Crippen LogP contribution in [0.3, 0.4) is 0 Å². The molecule has 1 rings (SSSR count). The summed E-state index contributed by atoms with van der Waals surface area (Å²) >= 11 is 0. The molecule has 18 heavy (non-hydrogen) atoms. The number of benzene rings is 1. The van der Waals surface area contributed by atoms with Crippen molar-refractivity contribution in [3.05, 3.63) is 29.8 Å². The van der Waals surface area contributed by atoms with Crippen molar-refractivity contribution >= 4 is 11.9 Å². The lowest BCUT2D eigenvalue weighted by molar-refractivity contribution is -0.126. The third-order valence-electron chi connectivity index (χ3n) is 2.46. The maximum absolute atomic E-state index is 11.5. The smallest absolute Gasteiger partial charge is 0.318 e. The molecular weight excluding hydrogens is 232 g/mol. The monoisotopic (exact) mass is 250 g/mol. The molecule has 3 amide bonds. The Labute approximate surface area is 106 Å². The first-order chi connectivity index (χ1) is 8.41. The normalized spacial score (nSPS) is 12.0. The lowest BCUT2D eigenvalue weighted by atomic mass is 10.0. The second-order valence-electron chi connectivity index (χ2n) is 4.31. The molecule has 0 saturated carbocycles. The SMILES string of the molecule is CC(C)c1ccccc1O[C@@H](C)C(=O)NC(N)=O. The van der Waals surface area contributed by atoms with Crippen LogP contribution in [0.2, 0.25) is 0 Å². The molecule has 0 aliphatic carbocycles. The Morgan fingerprint density at radius 1 is 1.22 bits per heavy atom. The Kier molecular flexibility index (Phi) is 4.71. The number of imide groups is 1. The Bertz CT molecular complexity index is 444. The third-order valence-corrected chi connectivity index (χ3v) is 2.46. The van der Waals surface area contributed by atoms with Crippen molar-refractivity contribution in [3.63, 3.8) is 0 Å². The van der Waals surface area contributed by atoms with E-state index in [1.54, 1.807) is 13.0 Å². The van der Waals surface area contributed by atoms with Gasteiger partial charge in [0.1, 0.15) is 5.75 Å². The van der Waals surface area contributed by atoms with Gasteiger partial charge in [-0.3, -0.25) is 10.1 Å². The third kappa shape index (κ3) is 3.76. The average Bonchev–Trinajstić information content (AvgIpc) is 2.28. The van der Waals surface area contributed by atoms with Crippen LogP contribution in [0.1, 0.15) is 32.3 Å². The summed E-state index contributed by atoms with van der Waals surface area (Å²) in [6.45, 7) is 5.64. The highest BCUT2D eigenvalue weighted by atomic mass is 16.5. The molecule has 0 fully saturated rings. The molecule has 5 heteroatoms. The summed E-state index contributed by atoms with van der Waals surface area (Å²) in [4.78, 5) is 22.1. The van der Waals surface area contributed by atoms with E-state index < -0.39 is 18.0 Å². The quantitative estimate of drug-likeness (QED) is 0.854. The molecule has 1 aromatic carbocycles. The van der Waals surface area contributed by atoms with Crippen molar-refractivity contribution in [1.29, 1.82) is 0 Å². The van der Waals surface area contributed by atoms with Crippen molar-refractivity contribution in [2.75, 3.05) is 0 Å². The second-order valence-corrected chi connectivity index (χ2v) is 4.31. The molecule has 1 aromatic rings. The van der Waals surface area contributed by atoms with E-state index in [2.05, 4.69) is 0 Å². The van der Waals surface area contributed by atoms with E-state index in [-0.39, 0.29) is 5.92 Å². The lowest BCUT2D eigenvalue weighted by Crippen LogP contribution is -2.42. The van der Waals surface area contributed by atoms with Crippen molar-refractivity contribution in [2.45, 2.75) is 32.8 Å².